The summed E-state index contributed by atoms with van der Waals surface area (Å²) in [5, 5.41) is 14.3. The second kappa shape index (κ2) is 6.41. The predicted molar refractivity (Wildman–Crippen MR) is 79.6 cm³/mol. The summed E-state index contributed by atoms with van der Waals surface area (Å²) in [4.78, 5) is 11.8. The molecule has 2 aromatic carbocycles. The van der Waals surface area contributed by atoms with Crippen LogP contribution in [0.4, 0.5) is 0 Å². The van der Waals surface area contributed by atoms with Crippen LogP contribution in [0.2, 0.25) is 10.0 Å². The van der Waals surface area contributed by atoms with Gasteiger partial charge < -0.3 is 5.11 Å². The molecule has 0 saturated heterocycles. The van der Waals surface area contributed by atoms with Crippen molar-refractivity contribution < 1.29 is 9.90 Å². The Morgan fingerprint density at radius 2 is 1.90 bits per heavy atom. The van der Waals surface area contributed by atoms with E-state index in [0.717, 1.165) is 0 Å². The first kappa shape index (κ1) is 14.4. The number of hydrazone groups is 1. The van der Waals surface area contributed by atoms with Crippen molar-refractivity contribution in [3.63, 3.8) is 0 Å². The Morgan fingerprint density at radius 1 is 1.15 bits per heavy atom. The van der Waals surface area contributed by atoms with Gasteiger partial charge in [0, 0.05) is 21.2 Å². The molecule has 0 bridgehead atoms. The molecule has 0 saturated carbocycles. The first-order valence-corrected chi connectivity index (χ1v) is 6.39. The maximum atomic E-state index is 11.8. The molecule has 0 aliphatic carbocycles. The van der Waals surface area contributed by atoms with Crippen LogP contribution in [0.15, 0.2) is 47.6 Å². The SMILES string of the molecule is O=C(NN=Cc1ccc(Cl)cc1O)c1cccc(Cl)c1. The van der Waals surface area contributed by atoms with E-state index in [1.807, 2.05) is 0 Å². The van der Waals surface area contributed by atoms with E-state index in [-0.39, 0.29) is 5.75 Å². The molecule has 2 N–H and O–H groups in total. The van der Waals surface area contributed by atoms with Crippen molar-refractivity contribution in [2.75, 3.05) is 0 Å². The van der Waals surface area contributed by atoms with Crippen LogP contribution in [0.25, 0.3) is 0 Å². The van der Waals surface area contributed by atoms with E-state index < -0.39 is 5.91 Å². The third-order valence-corrected chi connectivity index (χ3v) is 2.92. The maximum Gasteiger partial charge on any atom is 0.271 e. The van der Waals surface area contributed by atoms with Gasteiger partial charge in [-0.1, -0.05) is 29.3 Å². The molecule has 0 heterocycles. The summed E-state index contributed by atoms with van der Waals surface area (Å²) in [6.45, 7) is 0. The summed E-state index contributed by atoms with van der Waals surface area (Å²) in [6, 6.07) is 11.1. The van der Waals surface area contributed by atoms with E-state index in [1.54, 1.807) is 30.3 Å². The van der Waals surface area contributed by atoms with Gasteiger partial charge in [-0.15, -0.1) is 0 Å². The lowest BCUT2D eigenvalue weighted by atomic mass is 10.2. The molecule has 102 valence electrons. The number of benzene rings is 2. The smallest absolute Gasteiger partial charge is 0.271 e. The number of amides is 1. The van der Waals surface area contributed by atoms with Gasteiger partial charge in [-0.05, 0) is 36.4 Å². The van der Waals surface area contributed by atoms with Crippen molar-refractivity contribution in [2.45, 2.75) is 0 Å². The fourth-order valence-electron chi connectivity index (χ4n) is 1.48. The molecule has 0 aliphatic heterocycles. The van der Waals surface area contributed by atoms with Gasteiger partial charge in [0.2, 0.25) is 0 Å². The van der Waals surface area contributed by atoms with Crippen LogP contribution in [-0.4, -0.2) is 17.2 Å². The highest BCUT2D eigenvalue weighted by Gasteiger charge is 2.04. The average Bonchev–Trinajstić information content (AvgIpc) is 2.41. The molecule has 0 spiro atoms. The summed E-state index contributed by atoms with van der Waals surface area (Å²) >= 11 is 11.5. The lowest BCUT2D eigenvalue weighted by Crippen LogP contribution is -2.17. The van der Waals surface area contributed by atoms with E-state index in [1.165, 1.54) is 18.3 Å². The fraction of sp³-hybridized carbons (Fsp3) is 0. The largest absolute Gasteiger partial charge is 0.507 e. The molecule has 0 unspecified atom stereocenters. The summed E-state index contributed by atoms with van der Waals surface area (Å²) < 4.78 is 0. The van der Waals surface area contributed by atoms with Crippen LogP contribution in [0, 0.1) is 0 Å². The van der Waals surface area contributed by atoms with Gasteiger partial charge in [0.1, 0.15) is 5.75 Å². The minimum atomic E-state index is -0.391. The molecule has 0 aliphatic rings. The normalized spacial score (nSPS) is 10.7. The standard InChI is InChI=1S/C14H10Cl2N2O2/c15-11-3-1-2-9(6-11)14(20)18-17-8-10-4-5-12(16)7-13(10)19/h1-8,19H,(H,18,20). The minimum Gasteiger partial charge on any atom is -0.507 e. The zero-order valence-corrected chi connectivity index (χ0v) is 11.7. The zero-order chi connectivity index (χ0) is 14.5. The molecule has 6 heteroatoms. The van der Waals surface area contributed by atoms with Gasteiger partial charge in [0.15, 0.2) is 0 Å². The lowest BCUT2D eigenvalue weighted by molar-refractivity contribution is 0.0955. The van der Waals surface area contributed by atoms with Crippen molar-refractivity contribution in [3.05, 3.63) is 63.6 Å². The quantitative estimate of drug-likeness (QED) is 0.674. The predicted octanol–water partition coefficient (Wildman–Crippen LogP) is 3.46. The Morgan fingerprint density at radius 3 is 2.60 bits per heavy atom. The summed E-state index contributed by atoms with van der Waals surface area (Å²) in [6.07, 6.45) is 1.33. The number of carbonyl (C=O) groups is 1. The fourth-order valence-corrected chi connectivity index (χ4v) is 1.84. The number of aromatic hydroxyl groups is 1. The van der Waals surface area contributed by atoms with E-state index in [4.69, 9.17) is 23.2 Å². The second-order valence-electron chi connectivity index (χ2n) is 3.91. The minimum absolute atomic E-state index is 0.0155. The Balaban J connectivity index is 2.04. The Hall–Kier alpha value is -2.04. The highest BCUT2D eigenvalue weighted by atomic mass is 35.5. The Bertz CT molecular complexity index is 672. The van der Waals surface area contributed by atoms with Crippen molar-refractivity contribution in [1.29, 1.82) is 0 Å². The van der Waals surface area contributed by atoms with Gasteiger partial charge in [0.25, 0.3) is 5.91 Å². The number of rotatable bonds is 3. The average molecular weight is 309 g/mol. The third-order valence-electron chi connectivity index (χ3n) is 2.45. The summed E-state index contributed by atoms with van der Waals surface area (Å²) in [5.41, 5.74) is 3.19. The molecule has 0 atom stereocenters. The van der Waals surface area contributed by atoms with Crippen LogP contribution in [0.1, 0.15) is 15.9 Å². The molecule has 0 radical (unpaired) electrons. The second-order valence-corrected chi connectivity index (χ2v) is 4.79. The Labute approximate surface area is 125 Å². The zero-order valence-electron chi connectivity index (χ0n) is 10.2. The summed E-state index contributed by atoms with van der Waals surface area (Å²) in [7, 11) is 0. The highest BCUT2D eigenvalue weighted by Crippen LogP contribution is 2.20. The number of phenolic OH excluding ortho intramolecular Hbond substituents is 1. The number of nitrogens with one attached hydrogen (secondary N) is 1. The van der Waals surface area contributed by atoms with Gasteiger partial charge in [-0.25, -0.2) is 5.43 Å². The topological polar surface area (TPSA) is 61.7 Å². The maximum absolute atomic E-state index is 11.8. The molecular formula is C14H10Cl2N2O2. The molecule has 4 nitrogen and oxygen atoms in total. The molecule has 0 fully saturated rings. The number of halogens is 2. The number of hydrogen-bond donors (Lipinski definition) is 2. The number of phenols is 1. The van der Waals surface area contributed by atoms with Gasteiger partial charge in [-0.2, -0.15) is 5.10 Å². The third kappa shape index (κ3) is 3.73. The Kier molecular flexibility index (Phi) is 4.61. The molecule has 2 aromatic rings. The molecule has 1 amide bonds. The van der Waals surface area contributed by atoms with E-state index in [9.17, 15) is 9.90 Å². The molecular weight excluding hydrogens is 299 g/mol. The van der Waals surface area contributed by atoms with Crippen molar-refractivity contribution >= 4 is 35.3 Å². The monoisotopic (exact) mass is 308 g/mol. The van der Waals surface area contributed by atoms with Gasteiger partial charge >= 0.3 is 0 Å². The van der Waals surface area contributed by atoms with Crippen molar-refractivity contribution in [1.82, 2.24) is 5.43 Å². The first-order valence-electron chi connectivity index (χ1n) is 5.64. The number of carbonyl (C=O) groups excluding carboxylic acids is 1. The van der Waals surface area contributed by atoms with Crippen LogP contribution in [-0.2, 0) is 0 Å². The number of nitrogens with zero attached hydrogens (tertiary/aromatic N) is 1. The number of hydrogen-bond acceptors (Lipinski definition) is 3. The van der Waals surface area contributed by atoms with Crippen LogP contribution < -0.4 is 5.43 Å². The molecule has 20 heavy (non-hydrogen) atoms. The van der Waals surface area contributed by atoms with Crippen LogP contribution in [0.3, 0.4) is 0 Å². The van der Waals surface area contributed by atoms with E-state index in [2.05, 4.69) is 10.5 Å². The lowest BCUT2D eigenvalue weighted by Gasteiger charge is -2.01. The van der Waals surface area contributed by atoms with E-state index in [0.29, 0.717) is 21.2 Å². The van der Waals surface area contributed by atoms with E-state index >= 15 is 0 Å². The van der Waals surface area contributed by atoms with Gasteiger partial charge in [-0.3, -0.25) is 4.79 Å². The van der Waals surface area contributed by atoms with Crippen molar-refractivity contribution in [3.8, 4) is 5.75 Å². The van der Waals surface area contributed by atoms with Gasteiger partial charge in [0.05, 0.1) is 6.21 Å². The highest BCUT2D eigenvalue weighted by molar-refractivity contribution is 6.31. The molecule has 2 rings (SSSR count). The molecule has 0 aromatic heterocycles. The van der Waals surface area contributed by atoms with Crippen LogP contribution in [0.5, 0.6) is 5.75 Å². The first-order chi connectivity index (χ1) is 9.56. The van der Waals surface area contributed by atoms with Crippen molar-refractivity contribution in [2.24, 2.45) is 5.10 Å². The van der Waals surface area contributed by atoms with Crippen LogP contribution >= 0.6 is 23.2 Å². The summed E-state index contributed by atoms with van der Waals surface area (Å²) in [5.74, 6) is -0.407.